The lowest BCUT2D eigenvalue weighted by molar-refractivity contribution is 0.544. The number of hydrogen-bond acceptors (Lipinski definition) is 0. The quantitative estimate of drug-likeness (QED) is 0.615. The Labute approximate surface area is 102 Å². The molecule has 0 N–H and O–H groups in total. The van der Waals surface area contributed by atoms with Gasteiger partial charge in [-0.2, -0.15) is 0 Å². The van der Waals surface area contributed by atoms with Gasteiger partial charge in [0.25, 0.3) is 0 Å². The fourth-order valence-electron chi connectivity index (χ4n) is 1.31. The van der Waals surface area contributed by atoms with Crippen molar-refractivity contribution in [1.82, 2.24) is 0 Å². The van der Waals surface area contributed by atoms with E-state index >= 15 is 0 Å². The topological polar surface area (TPSA) is 0 Å². The van der Waals surface area contributed by atoms with E-state index in [4.69, 9.17) is 0 Å². The fourth-order valence-corrected chi connectivity index (χ4v) is 1.31. The lowest BCUT2D eigenvalue weighted by Crippen LogP contribution is -1.88. The summed E-state index contributed by atoms with van der Waals surface area (Å²) in [6, 6.07) is 10.6. The van der Waals surface area contributed by atoms with E-state index in [0.29, 0.717) is 5.92 Å². The summed E-state index contributed by atoms with van der Waals surface area (Å²) in [4.78, 5) is 0. The van der Waals surface area contributed by atoms with Crippen molar-refractivity contribution >= 4 is 0 Å². The van der Waals surface area contributed by atoms with Gasteiger partial charge in [0.2, 0.25) is 0 Å². The molecule has 1 atom stereocenters. The highest BCUT2D eigenvalue weighted by Gasteiger charge is 1.98. The van der Waals surface area contributed by atoms with Crippen molar-refractivity contribution in [1.29, 1.82) is 0 Å². The summed E-state index contributed by atoms with van der Waals surface area (Å²) in [7, 11) is 0. The minimum atomic E-state index is 0.709. The van der Waals surface area contributed by atoms with Crippen LogP contribution in [0.3, 0.4) is 0 Å². The average Bonchev–Trinajstić information content (AvgIpc) is 2.38. The Kier molecular flexibility index (Phi) is 8.99. The van der Waals surface area contributed by atoms with Crippen molar-refractivity contribution in [3.63, 3.8) is 0 Å². The minimum absolute atomic E-state index is 0.709. The number of benzene rings is 1. The molecular weight excluding hydrogens is 192 g/mol. The van der Waals surface area contributed by atoms with Crippen molar-refractivity contribution in [2.24, 2.45) is 5.92 Å². The second kappa shape index (κ2) is 9.45. The van der Waals surface area contributed by atoms with Crippen molar-refractivity contribution in [2.45, 2.75) is 59.8 Å². The maximum atomic E-state index is 2.28. The molecule has 0 amide bonds. The van der Waals surface area contributed by atoms with E-state index in [9.17, 15) is 0 Å². The molecule has 1 aromatic carbocycles. The summed E-state index contributed by atoms with van der Waals surface area (Å²) in [5, 5.41) is 0. The highest BCUT2D eigenvalue weighted by Crippen LogP contribution is 2.16. The van der Waals surface area contributed by atoms with Crippen LogP contribution in [0, 0.1) is 5.92 Å². The van der Waals surface area contributed by atoms with Crippen molar-refractivity contribution in [2.75, 3.05) is 0 Å². The van der Waals surface area contributed by atoms with E-state index < -0.39 is 0 Å². The molecule has 0 heterocycles. The zero-order valence-corrected chi connectivity index (χ0v) is 11.7. The Balaban J connectivity index is 0.000000325. The monoisotopic (exact) mass is 220 g/mol. The molecule has 0 aliphatic heterocycles. The summed E-state index contributed by atoms with van der Waals surface area (Å²) in [6.07, 6.45) is 3.89. The fraction of sp³-hybridized carbons (Fsp3) is 0.625. The molecule has 0 aromatic heterocycles. The molecule has 92 valence electrons. The molecule has 0 saturated heterocycles. The van der Waals surface area contributed by atoms with E-state index in [1.54, 1.807) is 0 Å². The van der Waals surface area contributed by atoms with E-state index in [1.165, 1.54) is 24.8 Å². The zero-order chi connectivity index (χ0) is 12.4. The van der Waals surface area contributed by atoms with E-state index in [2.05, 4.69) is 65.0 Å². The number of rotatable bonds is 4. The van der Waals surface area contributed by atoms with Crippen LogP contribution in [0.25, 0.3) is 0 Å². The Morgan fingerprint density at radius 1 is 0.812 bits per heavy atom. The first-order chi connectivity index (χ1) is 7.65. The zero-order valence-electron chi connectivity index (χ0n) is 11.7. The molecule has 0 saturated carbocycles. The summed E-state index contributed by atoms with van der Waals surface area (Å²) in [5.41, 5.74) is 1.45. The first-order valence-corrected chi connectivity index (χ1v) is 6.70. The van der Waals surface area contributed by atoms with Crippen LogP contribution in [0.1, 0.15) is 65.4 Å². The van der Waals surface area contributed by atoms with Crippen LogP contribution in [0.2, 0.25) is 0 Å². The Morgan fingerprint density at radius 2 is 1.31 bits per heavy atom. The third-order valence-corrected chi connectivity index (χ3v) is 3.37. The summed E-state index contributed by atoms with van der Waals surface area (Å²) < 4.78 is 0. The number of hydrogen-bond donors (Lipinski definition) is 0. The van der Waals surface area contributed by atoms with Crippen LogP contribution < -0.4 is 0 Å². The van der Waals surface area contributed by atoms with Crippen molar-refractivity contribution in [3.8, 4) is 0 Å². The van der Waals surface area contributed by atoms with Gasteiger partial charge in [-0.05, 0) is 23.8 Å². The normalized spacial score (nSPS) is 11.9. The third-order valence-electron chi connectivity index (χ3n) is 3.37. The highest BCUT2D eigenvalue weighted by atomic mass is 14.0. The van der Waals surface area contributed by atoms with E-state index in [-0.39, 0.29) is 0 Å². The van der Waals surface area contributed by atoms with Crippen LogP contribution in [-0.4, -0.2) is 0 Å². The van der Waals surface area contributed by atoms with Gasteiger partial charge in [0.15, 0.2) is 0 Å². The van der Waals surface area contributed by atoms with Gasteiger partial charge < -0.3 is 0 Å². The highest BCUT2D eigenvalue weighted by molar-refractivity contribution is 5.18. The van der Waals surface area contributed by atoms with Crippen LogP contribution in [0.5, 0.6) is 0 Å². The standard InChI is InChI=1S/C10H14.C6H14/c1-3-9(2)10-7-5-4-6-8-10;1-4-6(3)5-2/h4-9H,3H2,1-2H3;6H,4-5H2,1-3H3. The molecule has 0 aliphatic rings. The molecule has 0 aliphatic carbocycles. The van der Waals surface area contributed by atoms with Gasteiger partial charge in [-0.1, -0.05) is 77.8 Å². The maximum absolute atomic E-state index is 2.28. The van der Waals surface area contributed by atoms with Gasteiger partial charge in [-0.25, -0.2) is 0 Å². The van der Waals surface area contributed by atoms with Crippen LogP contribution in [-0.2, 0) is 0 Å². The molecule has 0 nitrogen and oxygen atoms in total. The molecule has 0 spiro atoms. The van der Waals surface area contributed by atoms with Gasteiger partial charge in [0.05, 0.1) is 0 Å². The Hall–Kier alpha value is -0.780. The van der Waals surface area contributed by atoms with Crippen molar-refractivity contribution < 1.29 is 0 Å². The molecule has 1 unspecified atom stereocenters. The second-order valence-electron chi connectivity index (χ2n) is 4.64. The van der Waals surface area contributed by atoms with Crippen LogP contribution in [0.4, 0.5) is 0 Å². The second-order valence-corrected chi connectivity index (χ2v) is 4.64. The predicted octanol–water partition coefficient (Wildman–Crippen LogP) is 5.64. The van der Waals surface area contributed by atoms with E-state index in [0.717, 1.165) is 5.92 Å². The lowest BCUT2D eigenvalue weighted by Gasteiger charge is -2.06. The molecule has 16 heavy (non-hydrogen) atoms. The Morgan fingerprint density at radius 3 is 1.62 bits per heavy atom. The molecule has 0 bridgehead atoms. The van der Waals surface area contributed by atoms with Gasteiger partial charge in [-0.3, -0.25) is 0 Å². The van der Waals surface area contributed by atoms with Gasteiger partial charge in [0, 0.05) is 0 Å². The van der Waals surface area contributed by atoms with Crippen LogP contribution in [0.15, 0.2) is 30.3 Å². The molecular formula is C16H28. The summed E-state index contributed by atoms with van der Waals surface area (Å²) >= 11 is 0. The molecule has 1 aromatic rings. The maximum Gasteiger partial charge on any atom is -0.0193 e. The first kappa shape index (κ1) is 15.2. The predicted molar refractivity (Wildman–Crippen MR) is 74.9 cm³/mol. The smallest absolute Gasteiger partial charge is 0.0193 e. The summed E-state index contributed by atoms with van der Waals surface area (Å²) in [6.45, 7) is 11.2. The SMILES string of the molecule is CCC(C)CC.CCC(C)c1ccccc1. The minimum Gasteiger partial charge on any atom is -0.0651 e. The third kappa shape index (κ3) is 6.66. The van der Waals surface area contributed by atoms with Gasteiger partial charge >= 0.3 is 0 Å². The van der Waals surface area contributed by atoms with E-state index in [1.807, 2.05) is 0 Å². The van der Waals surface area contributed by atoms with Crippen LogP contribution >= 0.6 is 0 Å². The van der Waals surface area contributed by atoms with Gasteiger partial charge in [-0.15, -0.1) is 0 Å². The largest absolute Gasteiger partial charge is 0.0651 e. The van der Waals surface area contributed by atoms with Crippen molar-refractivity contribution in [3.05, 3.63) is 35.9 Å². The summed E-state index contributed by atoms with van der Waals surface area (Å²) in [5.74, 6) is 1.64. The molecule has 1 rings (SSSR count). The Bertz CT molecular complexity index is 233. The van der Waals surface area contributed by atoms with Gasteiger partial charge in [0.1, 0.15) is 0 Å². The molecule has 0 heteroatoms. The molecule has 0 fully saturated rings. The lowest BCUT2D eigenvalue weighted by atomic mass is 9.99. The first-order valence-electron chi connectivity index (χ1n) is 6.70. The average molecular weight is 220 g/mol. The molecule has 0 radical (unpaired) electrons.